The third-order valence-corrected chi connectivity index (χ3v) is 4.40. The second-order valence-corrected chi connectivity index (χ2v) is 6.79. The number of unbranched alkanes of at least 4 members (excludes halogenated alkanes) is 6. The van der Waals surface area contributed by atoms with Gasteiger partial charge < -0.3 is 18.3 Å². The van der Waals surface area contributed by atoms with E-state index >= 15 is 0 Å². The highest BCUT2D eigenvalue weighted by Crippen LogP contribution is 2.25. The summed E-state index contributed by atoms with van der Waals surface area (Å²) >= 11 is 0. The number of hydrogen-bond donors (Lipinski definition) is 0. The zero-order valence-electron chi connectivity index (χ0n) is 16.8. The topological polar surface area (TPSA) is 78.9 Å². The summed E-state index contributed by atoms with van der Waals surface area (Å²) in [6.07, 6.45) is 11.2. The first-order valence-corrected chi connectivity index (χ1v) is 10.2. The Labute approximate surface area is 166 Å². The Kier molecular flexibility index (Phi) is 9.39. The molecule has 6 nitrogen and oxygen atoms in total. The molecule has 6 heteroatoms. The van der Waals surface area contributed by atoms with Gasteiger partial charge in [0.2, 0.25) is 11.5 Å². The van der Waals surface area contributed by atoms with Crippen LogP contribution < -0.4 is 0 Å². The SMILES string of the molecule is CCCCCCOC(=O)c1cc(-c2coc(C(=O)OCCCCCC)c2)co1. The minimum Gasteiger partial charge on any atom is -0.460 e. The maximum absolute atomic E-state index is 12.0. The standard InChI is InChI=1S/C22H30O6/c1-3-5-7-9-11-25-21(23)19-13-17(15-27-19)18-14-20(28-16-18)22(24)26-12-10-8-6-4-2/h13-16H,3-12H2,1-2H3. The number of ether oxygens (including phenoxy) is 2. The van der Waals surface area contributed by atoms with Crippen LogP contribution in [0.5, 0.6) is 0 Å². The molecular weight excluding hydrogens is 360 g/mol. The Hall–Kier alpha value is -2.50. The summed E-state index contributed by atoms with van der Waals surface area (Å²) in [4.78, 5) is 24.0. The lowest BCUT2D eigenvalue weighted by molar-refractivity contribution is 0.0453. The molecule has 0 aliphatic rings. The smallest absolute Gasteiger partial charge is 0.374 e. The van der Waals surface area contributed by atoms with Gasteiger partial charge in [-0.05, 0) is 25.0 Å². The second-order valence-electron chi connectivity index (χ2n) is 6.79. The van der Waals surface area contributed by atoms with Crippen LogP contribution in [0.3, 0.4) is 0 Å². The normalized spacial score (nSPS) is 10.8. The largest absolute Gasteiger partial charge is 0.460 e. The summed E-state index contributed by atoms with van der Waals surface area (Å²) in [5, 5.41) is 0. The fraction of sp³-hybridized carbons (Fsp3) is 0.545. The maximum atomic E-state index is 12.0. The van der Waals surface area contributed by atoms with Crippen LogP contribution in [0.4, 0.5) is 0 Å². The number of furan rings is 2. The lowest BCUT2D eigenvalue weighted by Gasteiger charge is -2.01. The van der Waals surface area contributed by atoms with Crippen molar-refractivity contribution in [2.45, 2.75) is 65.2 Å². The molecule has 0 saturated heterocycles. The van der Waals surface area contributed by atoms with Crippen molar-refractivity contribution in [1.82, 2.24) is 0 Å². The molecule has 0 spiro atoms. The molecule has 2 aromatic heterocycles. The molecule has 0 saturated carbocycles. The van der Waals surface area contributed by atoms with E-state index in [2.05, 4.69) is 13.8 Å². The second kappa shape index (κ2) is 12.1. The highest BCUT2D eigenvalue weighted by Gasteiger charge is 2.17. The minimum atomic E-state index is -0.488. The average molecular weight is 390 g/mol. The van der Waals surface area contributed by atoms with Crippen molar-refractivity contribution in [1.29, 1.82) is 0 Å². The van der Waals surface area contributed by atoms with Gasteiger partial charge in [0.05, 0.1) is 25.7 Å². The number of rotatable bonds is 13. The van der Waals surface area contributed by atoms with E-state index in [4.69, 9.17) is 18.3 Å². The van der Waals surface area contributed by atoms with Gasteiger partial charge in [0.25, 0.3) is 0 Å². The van der Waals surface area contributed by atoms with Gasteiger partial charge in [-0.15, -0.1) is 0 Å². The van der Waals surface area contributed by atoms with E-state index < -0.39 is 11.9 Å². The molecule has 0 radical (unpaired) electrons. The lowest BCUT2D eigenvalue weighted by Crippen LogP contribution is -2.05. The molecule has 0 fully saturated rings. The van der Waals surface area contributed by atoms with Crippen LogP contribution in [0.15, 0.2) is 33.5 Å². The molecule has 0 amide bonds. The van der Waals surface area contributed by atoms with Crippen LogP contribution >= 0.6 is 0 Å². The summed E-state index contributed by atoms with van der Waals surface area (Å²) in [5.74, 6) is -0.714. The highest BCUT2D eigenvalue weighted by molar-refractivity contribution is 5.90. The summed E-state index contributed by atoms with van der Waals surface area (Å²) < 4.78 is 21.0. The molecule has 2 rings (SSSR count). The van der Waals surface area contributed by atoms with Crippen LogP contribution in [0, 0.1) is 0 Å². The van der Waals surface area contributed by atoms with Gasteiger partial charge in [-0.2, -0.15) is 0 Å². The first-order chi connectivity index (χ1) is 13.7. The molecule has 0 unspecified atom stereocenters. The van der Waals surface area contributed by atoms with Gasteiger partial charge in [0, 0.05) is 11.1 Å². The van der Waals surface area contributed by atoms with Gasteiger partial charge in [-0.3, -0.25) is 0 Å². The number of carbonyl (C=O) groups excluding carboxylic acids is 2. The average Bonchev–Trinajstić information content (AvgIpc) is 3.37. The monoisotopic (exact) mass is 390 g/mol. The minimum absolute atomic E-state index is 0.131. The number of esters is 2. The van der Waals surface area contributed by atoms with Crippen LogP contribution in [0.2, 0.25) is 0 Å². The third-order valence-electron chi connectivity index (χ3n) is 4.40. The van der Waals surface area contributed by atoms with Crippen molar-refractivity contribution in [3.8, 4) is 11.1 Å². The fourth-order valence-corrected chi connectivity index (χ4v) is 2.72. The Morgan fingerprint density at radius 3 is 1.54 bits per heavy atom. The first-order valence-electron chi connectivity index (χ1n) is 10.2. The Morgan fingerprint density at radius 1 is 0.714 bits per heavy atom. The van der Waals surface area contributed by atoms with E-state index in [-0.39, 0.29) is 11.5 Å². The number of carbonyl (C=O) groups is 2. The molecule has 0 atom stereocenters. The Bertz CT molecular complexity index is 665. The first kappa shape index (κ1) is 21.8. The van der Waals surface area contributed by atoms with Crippen molar-refractivity contribution in [3.05, 3.63) is 36.2 Å². The summed E-state index contributed by atoms with van der Waals surface area (Å²) in [6.45, 7) is 5.03. The van der Waals surface area contributed by atoms with Gasteiger partial charge in [-0.1, -0.05) is 52.4 Å². The maximum Gasteiger partial charge on any atom is 0.374 e. The van der Waals surface area contributed by atoms with E-state index in [1.165, 1.54) is 12.5 Å². The predicted octanol–water partition coefficient (Wildman–Crippen LogP) is 6.01. The lowest BCUT2D eigenvalue weighted by atomic mass is 10.1. The zero-order chi connectivity index (χ0) is 20.2. The summed E-state index contributed by atoms with van der Waals surface area (Å²) in [6, 6.07) is 3.16. The molecule has 0 aliphatic heterocycles. The van der Waals surface area contributed by atoms with Crippen molar-refractivity contribution in [2.24, 2.45) is 0 Å². The highest BCUT2D eigenvalue weighted by atomic mass is 16.5. The Balaban J connectivity index is 1.83. The summed E-state index contributed by atoms with van der Waals surface area (Å²) in [7, 11) is 0. The van der Waals surface area contributed by atoms with Crippen LogP contribution in [-0.2, 0) is 9.47 Å². The van der Waals surface area contributed by atoms with Gasteiger partial charge in [0.1, 0.15) is 0 Å². The number of hydrogen-bond acceptors (Lipinski definition) is 6. The zero-order valence-corrected chi connectivity index (χ0v) is 16.8. The third kappa shape index (κ3) is 6.91. The molecule has 28 heavy (non-hydrogen) atoms. The molecule has 154 valence electrons. The van der Waals surface area contributed by atoms with Crippen molar-refractivity contribution < 1.29 is 27.9 Å². The van der Waals surface area contributed by atoms with Crippen molar-refractivity contribution in [3.63, 3.8) is 0 Å². The van der Waals surface area contributed by atoms with Crippen LogP contribution in [0.1, 0.15) is 86.3 Å². The molecule has 2 aromatic rings. The van der Waals surface area contributed by atoms with Gasteiger partial charge in [0.15, 0.2) is 0 Å². The van der Waals surface area contributed by atoms with E-state index in [1.54, 1.807) is 12.1 Å². The molecule has 0 bridgehead atoms. The predicted molar refractivity (Wildman–Crippen MR) is 105 cm³/mol. The molecule has 0 N–H and O–H groups in total. The van der Waals surface area contributed by atoms with E-state index in [9.17, 15) is 9.59 Å². The van der Waals surface area contributed by atoms with E-state index in [1.807, 2.05) is 0 Å². The van der Waals surface area contributed by atoms with Crippen LogP contribution in [0.25, 0.3) is 11.1 Å². The molecule has 0 aliphatic carbocycles. The summed E-state index contributed by atoms with van der Waals surface area (Å²) in [5.41, 5.74) is 1.28. The van der Waals surface area contributed by atoms with E-state index in [0.29, 0.717) is 24.3 Å². The van der Waals surface area contributed by atoms with E-state index in [0.717, 1.165) is 51.4 Å². The van der Waals surface area contributed by atoms with Crippen LogP contribution in [-0.4, -0.2) is 25.2 Å². The Morgan fingerprint density at radius 2 is 1.14 bits per heavy atom. The quantitative estimate of drug-likeness (QED) is 0.308. The molecular formula is C22H30O6. The molecule has 0 aromatic carbocycles. The van der Waals surface area contributed by atoms with Gasteiger partial charge in [-0.25, -0.2) is 9.59 Å². The van der Waals surface area contributed by atoms with Gasteiger partial charge >= 0.3 is 11.9 Å². The van der Waals surface area contributed by atoms with Crippen molar-refractivity contribution in [2.75, 3.05) is 13.2 Å². The fourth-order valence-electron chi connectivity index (χ4n) is 2.72. The van der Waals surface area contributed by atoms with Crippen molar-refractivity contribution >= 4 is 11.9 Å². The molecule has 2 heterocycles.